The highest BCUT2D eigenvalue weighted by molar-refractivity contribution is 14.1. The standard InChI is InChI=1S/C8H8ClIN2O/c9-8(5-12(10)6-11)4-2-1-3-7(8)13/h1-4,7,13H,5H2. The van der Waals surface area contributed by atoms with Crippen molar-refractivity contribution < 1.29 is 5.11 Å². The molecule has 0 saturated carbocycles. The molecule has 5 heteroatoms. The molecule has 0 radical (unpaired) electrons. The maximum atomic E-state index is 9.56. The van der Waals surface area contributed by atoms with E-state index in [2.05, 4.69) is 0 Å². The van der Waals surface area contributed by atoms with Crippen LogP contribution in [0.5, 0.6) is 0 Å². The lowest BCUT2D eigenvalue weighted by atomic mass is 9.97. The van der Waals surface area contributed by atoms with Gasteiger partial charge in [0.05, 0.1) is 35.5 Å². The summed E-state index contributed by atoms with van der Waals surface area (Å²) in [6.45, 7) is 0.285. The van der Waals surface area contributed by atoms with E-state index in [9.17, 15) is 5.11 Å². The van der Waals surface area contributed by atoms with Gasteiger partial charge < -0.3 is 5.11 Å². The van der Waals surface area contributed by atoms with E-state index < -0.39 is 11.0 Å². The maximum Gasteiger partial charge on any atom is 0.189 e. The minimum absolute atomic E-state index is 0.285. The van der Waals surface area contributed by atoms with Crippen LogP contribution < -0.4 is 0 Å². The summed E-state index contributed by atoms with van der Waals surface area (Å²) in [5.41, 5.74) is 0. The monoisotopic (exact) mass is 310 g/mol. The molecule has 13 heavy (non-hydrogen) atoms. The zero-order valence-corrected chi connectivity index (χ0v) is 9.60. The van der Waals surface area contributed by atoms with Gasteiger partial charge >= 0.3 is 0 Å². The molecule has 70 valence electrons. The molecule has 0 heterocycles. The van der Waals surface area contributed by atoms with Gasteiger partial charge in [-0.2, -0.15) is 5.26 Å². The van der Waals surface area contributed by atoms with Gasteiger partial charge in [0.1, 0.15) is 4.87 Å². The number of nitriles is 1. The van der Waals surface area contributed by atoms with Crippen LogP contribution in [0.4, 0.5) is 0 Å². The summed E-state index contributed by atoms with van der Waals surface area (Å²) >= 11 is 7.96. The van der Waals surface area contributed by atoms with Crippen LogP contribution in [0.3, 0.4) is 0 Å². The van der Waals surface area contributed by atoms with E-state index in [1.807, 2.05) is 29.1 Å². The summed E-state index contributed by atoms with van der Waals surface area (Å²) in [6, 6.07) is 0. The first-order chi connectivity index (χ1) is 6.08. The Morgan fingerprint density at radius 1 is 1.69 bits per heavy atom. The smallest absolute Gasteiger partial charge is 0.189 e. The highest BCUT2D eigenvalue weighted by atomic mass is 127. The number of nitrogens with zero attached hydrogens (tertiary/aromatic N) is 2. The second-order valence-electron chi connectivity index (χ2n) is 2.74. The van der Waals surface area contributed by atoms with Crippen molar-refractivity contribution in [2.24, 2.45) is 0 Å². The molecular weight excluding hydrogens is 302 g/mol. The van der Waals surface area contributed by atoms with Crippen LogP contribution in [0.1, 0.15) is 0 Å². The van der Waals surface area contributed by atoms with Gasteiger partial charge in [-0.15, -0.1) is 11.6 Å². The first-order valence-corrected chi connectivity index (χ1v) is 4.99. The third kappa shape index (κ3) is 2.59. The van der Waals surface area contributed by atoms with Crippen molar-refractivity contribution in [2.45, 2.75) is 11.0 Å². The van der Waals surface area contributed by atoms with E-state index in [4.69, 9.17) is 16.9 Å². The van der Waals surface area contributed by atoms with Crippen LogP contribution in [0.2, 0.25) is 0 Å². The molecule has 0 fully saturated rings. The van der Waals surface area contributed by atoms with Crippen LogP contribution in [0, 0.1) is 11.5 Å². The molecule has 0 aromatic heterocycles. The van der Waals surface area contributed by atoms with Gasteiger partial charge in [0, 0.05) is 0 Å². The fourth-order valence-electron chi connectivity index (χ4n) is 1.04. The minimum Gasteiger partial charge on any atom is -0.387 e. The molecule has 0 aromatic carbocycles. The largest absolute Gasteiger partial charge is 0.387 e. The maximum absolute atomic E-state index is 9.56. The fourth-order valence-corrected chi connectivity index (χ4v) is 2.07. The third-order valence-electron chi connectivity index (χ3n) is 1.76. The molecule has 1 N–H and O–H groups in total. The first kappa shape index (κ1) is 10.8. The van der Waals surface area contributed by atoms with Crippen molar-refractivity contribution in [3.8, 4) is 6.19 Å². The molecule has 1 aliphatic rings. The Kier molecular flexibility index (Phi) is 3.59. The van der Waals surface area contributed by atoms with Gasteiger partial charge in [0.25, 0.3) is 0 Å². The average molecular weight is 311 g/mol. The Labute approximate surface area is 95.8 Å². The van der Waals surface area contributed by atoms with Crippen molar-refractivity contribution in [3.05, 3.63) is 24.3 Å². The summed E-state index contributed by atoms with van der Waals surface area (Å²) in [5.74, 6) is 0. The predicted octanol–water partition coefficient (Wildman–Crippen LogP) is 1.58. The lowest BCUT2D eigenvalue weighted by Crippen LogP contribution is -2.42. The van der Waals surface area contributed by atoms with Crippen molar-refractivity contribution in [2.75, 3.05) is 6.54 Å². The van der Waals surface area contributed by atoms with Crippen LogP contribution in [-0.2, 0) is 0 Å². The predicted molar refractivity (Wildman–Crippen MR) is 59.2 cm³/mol. The van der Waals surface area contributed by atoms with Crippen LogP contribution >= 0.6 is 34.5 Å². The fraction of sp³-hybridized carbons (Fsp3) is 0.375. The zero-order valence-electron chi connectivity index (χ0n) is 6.69. The Morgan fingerprint density at radius 3 is 2.92 bits per heavy atom. The number of aliphatic hydroxyl groups excluding tert-OH is 1. The second-order valence-corrected chi connectivity index (χ2v) is 4.60. The Balaban J connectivity index is 2.71. The summed E-state index contributed by atoms with van der Waals surface area (Å²) in [6.07, 6.45) is 7.98. The molecule has 1 rings (SSSR count). The molecule has 0 bridgehead atoms. The van der Waals surface area contributed by atoms with E-state index in [0.717, 1.165) is 0 Å². The Hall–Kier alpha value is -0.250. The van der Waals surface area contributed by atoms with E-state index in [1.165, 1.54) is 3.11 Å². The van der Waals surface area contributed by atoms with Crippen molar-refractivity contribution in [3.63, 3.8) is 0 Å². The minimum atomic E-state index is -0.883. The summed E-state index contributed by atoms with van der Waals surface area (Å²) in [5, 5.41) is 18.1. The molecule has 0 spiro atoms. The molecule has 3 nitrogen and oxygen atoms in total. The number of aliphatic hydroxyl groups is 1. The van der Waals surface area contributed by atoms with E-state index in [1.54, 1.807) is 24.3 Å². The SMILES string of the molecule is N#CN(I)CC1(Cl)C=CC=CC1O. The second kappa shape index (κ2) is 4.31. The van der Waals surface area contributed by atoms with Crippen LogP contribution in [-0.4, -0.2) is 25.7 Å². The lowest BCUT2D eigenvalue weighted by Gasteiger charge is -2.30. The summed E-state index contributed by atoms with van der Waals surface area (Å²) in [7, 11) is 0. The number of rotatable bonds is 2. The molecule has 0 amide bonds. The number of allylic oxidation sites excluding steroid dienone is 2. The Bertz CT molecular complexity index is 286. The quantitative estimate of drug-likeness (QED) is 0.277. The van der Waals surface area contributed by atoms with E-state index in [0.29, 0.717) is 0 Å². The summed E-state index contributed by atoms with van der Waals surface area (Å²) < 4.78 is 1.36. The van der Waals surface area contributed by atoms with Gasteiger partial charge in [0.15, 0.2) is 6.19 Å². The number of halogens is 2. The third-order valence-corrected chi connectivity index (χ3v) is 2.79. The number of hydrogen-bond acceptors (Lipinski definition) is 3. The van der Waals surface area contributed by atoms with Gasteiger partial charge in [-0.3, -0.25) is 0 Å². The molecule has 0 aromatic rings. The molecule has 2 unspecified atom stereocenters. The highest BCUT2D eigenvalue weighted by Crippen LogP contribution is 2.28. The molecule has 0 aliphatic heterocycles. The van der Waals surface area contributed by atoms with Crippen molar-refractivity contribution >= 4 is 34.5 Å². The van der Waals surface area contributed by atoms with Crippen LogP contribution in [0.25, 0.3) is 0 Å². The van der Waals surface area contributed by atoms with Gasteiger partial charge in [-0.1, -0.05) is 24.3 Å². The van der Waals surface area contributed by atoms with Crippen molar-refractivity contribution in [1.29, 1.82) is 5.26 Å². The first-order valence-electron chi connectivity index (χ1n) is 3.64. The summed E-state index contributed by atoms with van der Waals surface area (Å²) in [4.78, 5) is -0.883. The number of alkyl halides is 1. The topological polar surface area (TPSA) is 47.3 Å². The van der Waals surface area contributed by atoms with Gasteiger partial charge in [0.2, 0.25) is 0 Å². The van der Waals surface area contributed by atoms with Crippen LogP contribution in [0.15, 0.2) is 24.3 Å². The molecule has 0 saturated heterocycles. The highest BCUT2D eigenvalue weighted by Gasteiger charge is 2.34. The zero-order chi connectivity index (χ0) is 9.90. The van der Waals surface area contributed by atoms with E-state index >= 15 is 0 Å². The molecule has 2 atom stereocenters. The Morgan fingerprint density at radius 2 is 2.38 bits per heavy atom. The van der Waals surface area contributed by atoms with Crippen molar-refractivity contribution in [1.82, 2.24) is 3.11 Å². The molecule has 1 aliphatic carbocycles. The average Bonchev–Trinajstić information content (AvgIpc) is 2.10. The normalized spacial score (nSPS) is 31.4. The van der Waals surface area contributed by atoms with Gasteiger partial charge in [-0.25, -0.2) is 3.11 Å². The lowest BCUT2D eigenvalue weighted by molar-refractivity contribution is 0.183. The molecular formula is C8H8ClIN2O. The number of hydrogen-bond donors (Lipinski definition) is 1. The van der Waals surface area contributed by atoms with E-state index in [-0.39, 0.29) is 6.54 Å². The van der Waals surface area contributed by atoms with Gasteiger partial charge in [-0.05, 0) is 0 Å².